The van der Waals surface area contributed by atoms with Crippen molar-refractivity contribution in [2.45, 2.75) is 30.8 Å². The van der Waals surface area contributed by atoms with E-state index in [9.17, 15) is 33.4 Å². The van der Waals surface area contributed by atoms with Crippen molar-refractivity contribution < 1.29 is 60.6 Å². The van der Waals surface area contributed by atoms with E-state index in [1.807, 2.05) is 0 Å². The molecule has 5 atom stereocenters. The number of phosphoric acid groups is 3. The standard InChI is InChI=1S/C12H21FN3O13P3/c1-26-12(7-2-3-7,9(17)10(13)16-5-4-8(14)15-11(16)18)6-27-31(22,23)29-32(24,25)28-30(19,20)21/h4-5,7,9-10,17H,2-3,6H2,1H3,(H,22,23)(H,24,25)(H2,14,15,18)(H2,19,20,21)/t9-,10-,12?/m0/s1. The van der Waals surface area contributed by atoms with Gasteiger partial charge in [0.25, 0.3) is 0 Å². The number of nitrogen functional groups attached to an aromatic ring is 1. The molecule has 0 saturated heterocycles. The summed E-state index contributed by atoms with van der Waals surface area (Å²) in [6.07, 6.45) is -3.05. The molecular formula is C12H21FN3O13P3. The Kier molecular flexibility index (Phi) is 8.21. The second-order valence-electron chi connectivity index (χ2n) is 6.66. The van der Waals surface area contributed by atoms with Crippen molar-refractivity contribution in [3.63, 3.8) is 0 Å². The molecule has 1 aliphatic rings. The quantitative estimate of drug-likeness (QED) is 0.192. The van der Waals surface area contributed by atoms with Crippen LogP contribution in [0.25, 0.3) is 0 Å². The Morgan fingerprint density at radius 1 is 1.25 bits per heavy atom. The van der Waals surface area contributed by atoms with Gasteiger partial charge in [-0.3, -0.25) is 9.09 Å². The average Bonchev–Trinajstić information content (AvgIpc) is 3.44. The Bertz CT molecular complexity index is 1030. The van der Waals surface area contributed by atoms with E-state index in [0.717, 1.165) is 19.4 Å². The van der Waals surface area contributed by atoms with Gasteiger partial charge in [-0.1, -0.05) is 0 Å². The number of halogens is 1. The summed E-state index contributed by atoms with van der Waals surface area (Å²) in [5.41, 5.74) is 2.13. The molecule has 1 aromatic heterocycles. The molecule has 20 heteroatoms. The van der Waals surface area contributed by atoms with Crippen LogP contribution in [0.1, 0.15) is 19.1 Å². The molecule has 184 valence electrons. The SMILES string of the molecule is COC(COP(=O)(O)OP(=O)(O)OP(=O)(O)O)(C1CC1)[C@@H](O)[C@@H](F)n1ccc(N)nc1=O. The fourth-order valence-corrected chi connectivity index (χ4v) is 5.91. The highest BCUT2D eigenvalue weighted by Gasteiger charge is 2.55. The Balaban J connectivity index is 2.24. The number of phosphoric ester groups is 1. The molecule has 0 spiro atoms. The number of alkyl halides is 1. The third kappa shape index (κ3) is 6.97. The zero-order valence-electron chi connectivity index (χ0n) is 16.2. The van der Waals surface area contributed by atoms with Crippen LogP contribution in [0.4, 0.5) is 10.2 Å². The molecule has 0 bridgehead atoms. The summed E-state index contributed by atoms with van der Waals surface area (Å²) in [5, 5.41) is 10.6. The summed E-state index contributed by atoms with van der Waals surface area (Å²) in [4.78, 5) is 51.1. The van der Waals surface area contributed by atoms with Crippen LogP contribution in [0.3, 0.4) is 0 Å². The van der Waals surface area contributed by atoms with E-state index in [4.69, 9.17) is 20.3 Å². The molecule has 0 amide bonds. The monoisotopic (exact) mass is 527 g/mol. The number of aliphatic hydroxyl groups excluding tert-OH is 1. The van der Waals surface area contributed by atoms with E-state index in [-0.39, 0.29) is 5.82 Å². The van der Waals surface area contributed by atoms with Crippen molar-refractivity contribution in [2.24, 2.45) is 5.92 Å². The zero-order chi connectivity index (χ0) is 24.5. The highest BCUT2D eigenvalue weighted by Crippen LogP contribution is 2.66. The number of nitrogens with two attached hydrogens (primary N) is 1. The lowest BCUT2D eigenvalue weighted by Crippen LogP contribution is -2.54. The number of aliphatic hydroxyl groups is 1. The lowest BCUT2D eigenvalue weighted by atomic mass is 9.90. The van der Waals surface area contributed by atoms with Crippen LogP contribution in [0.5, 0.6) is 0 Å². The Morgan fingerprint density at radius 2 is 1.84 bits per heavy atom. The summed E-state index contributed by atoms with van der Waals surface area (Å²) in [6.45, 7) is -1.10. The molecule has 32 heavy (non-hydrogen) atoms. The number of nitrogens with zero attached hydrogens (tertiary/aromatic N) is 2. The molecule has 7 N–H and O–H groups in total. The van der Waals surface area contributed by atoms with Gasteiger partial charge in [-0.15, -0.1) is 0 Å². The maximum atomic E-state index is 15.0. The summed E-state index contributed by atoms with van der Waals surface area (Å²) in [6, 6.07) is 1.08. The summed E-state index contributed by atoms with van der Waals surface area (Å²) < 4.78 is 66.5. The van der Waals surface area contributed by atoms with Gasteiger partial charge in [-0.05, 0) is 24.8 Å². The van der Waals surface area contributed by atoms with Gasteiger partial charge in [0.15, 0.2) is 0 Å². The molecule has 1 saturated carbocycles. The minimum Gasteiger partial charge on any atom is -0.385 e. The van der Waals surface area contributed by atoms with E-state index in [0.29, 0.717) is 17.4 Å². The maximum absolute atomic E-state index is 15.0. The number of aromatic nitrogens is 2. The first-order chi connectivity index (χ1) is 14.5. The molecule has 16 nitrogen and oxygen atoms in total. The molecule has 2 rings (SSSR count). The minimum absolute atomic E-state index is 0.208. The normalized spacial score (nSPS) is 22.3. The van der Waals surface area contributed by atoms with E-state index in [1.54, 1.807) is 0 Å². The molecule has 0 aliphatic heterocycles. The fraction of sp³-hybridized carbons (Fsp3) is 0.667. The van der Waals surface area contributed by atoms with Gasteiger partial charge in [-0.25, -0.2) is 22.9 Å². The van der Waals surface area contributed by atoms with Crippen LogP contribution in [-0.4, -0.2) is 59.7 Å². The first kappa shape index (κ1) is 27.2. The second-order valence-corrected chi connectivity index (χ2v) is 11.1. The van der Waals surface area contributed by atoms with Crippen LogP contribution >= 0.6 is 23.5 Å². The molecule has 0 radical (unpaired) electrons. The van der Waals surface area contributed by atoms with Gasteiger partial charge in [0.2, 0.25) is 6.30 Å². The van der Waals surface area contributed by atoms with E-state index in [2.05, 4.69) is 18.1 Å². The number of hydrogen-bond acceptors (Lipinski definition) is 11. The van der Waals surface area contributed by atoms with E-state index >= 15 is 4.39 Å². The largest absolute Gasteiger partial charge is 0.490 e. The molecule has 1 aromatic rings. The van der Waals surface area contributed by atoms with Crippen LogP contribution < -0.4 is 11.4 Å². The third-order valence-corrected chi connectivity index (χ3v) is 8.18. The predicted molar refractivity (Wildman–Crippen MR) is 101 cm³/mol. The van der Waals surface area contributed by atoms with Gasteiger partial charge in [0.05, 0.1) is 6.61 Å². The smallest absolute Gasteiger partial charge is 0.385 e. The van der Waals surface area contributed by atoms with Crippen molar-refractivity contribution in [3.8, 4) is 0 Å². The number of anilines is 1. The highest BCUT2D eigenvalue weighted by atomic mass is 31.3. The first-order valence-electron chi connectivity index (χ1n) is 8.52. The van der Waals surface area contributed by atoms with Gasteiger partial charge >= 0.3 is 29.2 Å². The minimum atomic E-state index is -5.78. The molecular weight excluding hydrogens is 506 g/mol. The topological polar surface area (TPSA) is 250 Å². The zero-order valence-corrected chi connectivity index (χ0v) is 18.9. The molecule has 1 fully saturated rings. The molecule has 0 aromatic carbocycles. The highest BCUT2D eigenvalue weighted by molar-refractivity contribution is 7.66. The van der Waals surface area contributed by atoms with Crippen molar-refractivity contribution in [1.82, 2.24) is 9.55 Å². The predicted octanol–water partition coefficient (Wildman–Crippen LogP) is -0.207. The van der Waals surface area contributed by atoms with Gasteiger partial charge in [0.1, 0.15) is 17.5 Å². The number of ether oxygens (including phenoxy) is 1. The number of methoxy groups -OCH3 is 1. The summed E-state index contributed by atoms with van der Waals surface area (Å²) >= 11 is 0. The van der Waals surface area contributed by atoms with Crippen LogP contribution in [0.15, 0.2) is 17.1 Å². The van der Waals surface area contributed by atoms with Gasteiger partial charge in [-0.2, -0.15) is 13.6 Å². The van der Waals surface area contributed by atoms with Crippen LogP contribution in [0.2, 0.25) is 0 Å². The third-order valence-electron chi connectivity index (χ3n) is 4.40. The van der Waals surface area contributed by atoms with Crippen molar-refractivity contribution >= 4 is 29.3 Å². The maximum Gasteiger partial charge on any atom is 0.490 e. The number of hydrogen-bond donors (Lipinski definition) is 6. The lowest BCUT2D eigenvalue weighted by molar-refractivity contribution is -0.173. The first-order valence-corrected chi connectivity index (χ1v) is 13.0. The average molecular weight is 527 g/mol. The van der Waals surface area contributed by atoms with Crippen LogP contribution in [-0.2, 0) is 31.6 Å². The Hall–Kier alpha value is -1.06. The van der Waals surface area contributed by atoms with Crippen molar-refractivity contribution in [3.05, 3.63) is 22.7 Å². The number of rotatable bonds is 12. The summed E-state index contributed by atoms with van der Waals surface area (Å²) in [7, 11) is -15.9. The molecule has 1 heterocycles. The summed E-state index contributed by atoms with van der Waals surface area (Å²) in [5.74, 6) is -0.841. The van der Waals surface area contributed by atoms with E-state index < -0.39 is 59.7 Å². The van der Waals surface area contributed by atoms with Crippen LogP contribution in [0, 0.1) is 5.92 Å². The van der Waals surface area contributed by atoms with E-state index in [1.165, 1.54) is 0 Å². The Labute approximate surface area is 179 Å². The van der Waals surface area contributed by atoms with Crippen molar-refractivity contribution in [1.29, 1.82) is 0 Å². The molecule has 1 aliphatic carbocycles. The fourth-order valence-electron chi connectivity index (χ4n) is 2.85. The Morgan fingerprint density at radius 3 is 2.31 bits per heavy atom. The van der Waals surface area contributed by atoms with Crippen molar-refractivity contribution in [2.75, 3.05) is 19.5 Å². The van der Waals surface area contributed by atoms with Gasteiger partial charge < -0.3 is 35.2 Å². The second kappa shape index (κ2) is 9.66. The molecule has 3 unspecified atom stereocenters. The lowest BCUT2D eigenvalue weighted by Gasteiger charge is -2.38. The van der Waals surface area contributed by atoms with Gasteiger partial charge in [0, 0.05) is 13.3 Å².